The van der Waals surface area contributed by atoms with Crippen LogP contribution in [0.3, 0.4) is 0 Å². The first kappa shape index (κ1) is 21.8. The number of rotatable bonds is 5. The Morgan fingerprint density at radius 2 is 1.42 bits per heavy atom. The Balaban J connectivity index is 1.86. The minimum atomic E-state index is -0.880. The third-order valence-corrected chi connectivity index (χ3v) is 5.19. The van der Waals surface area contributed by atoms with Crippen molar-refractivity contribution in [3.05, 3.63) is 82.7 Å². The van der Waals surface area contributed by atoms with Gasteiger partial charge in [0, 0.05) is 0 Å². The number of ether oxygens (including phenoxy) is 3. The van der Waals surface area contributed by atoms with Gasteiger partial charge in [-0.2, -0.15) is 5.10 Å². The predicted octanol–water partition coefficient (Wildman–Crippen LogP) is 4.02. The lowest BCUT2D eigenvalue weighted by Gasteiger charge is -2.04. The molecule has 0 aliphatic rings. The second-order valence-electron chi connectivity index (χ2n) is 7.07. The van der Waals surface area contributed by atoms with E-state index in [1.807, 2.05) is 48.5 Å². The smallest absolute Gasteiger partial charge is 0.357 e. The first-order valence-electron chi connectivity index (χ1n) is 9.96. The number of fused-ring (bicyclic) bond motifs is 2. The third kappa shape index (κ3) is 3.94. The zero-order valence-electron chi connectivity index (χ0n) is 18.2. The number of methoxy groups -OCH3 is 3. The fourth-order valence-electron chi connectivity index (χ4n) is 3.63. The largest absolute Gasteiger partial charge is 0.465 e. The molecular weight excluding hydrogens is 424 g/mol. The van der Waals surface area contributed by atoms with E-state index in [2.05, 4.69) is 5.10 Å². The van der Waals surface area contributed by atoms with Crippen LogP contribution in [0.25, 0.3) is 28.4 Å². The van der Waals surface area contributed by atoms with E-state index >= 15 is 0 Å². The van der Waals surface area contributed by atoms with Gasteiger partial charge in [-0.1, -0.05) is 42.5 Å². The van der Waals surface area contributed by atoms with Gasteiger partial charge in [0.25, 0.3) is 0 Å². The van der Waals surface area contributed by atoms with Gasteiger partial charge in [0.15, 0.2) is 5.69 Å². The van der Waals surface area contributed by atoms with Crippen molar-refractivity contribution < 1.29 is 28.6 Å². The Morgan fingerprint density at radius 1 is 0.758 bits per heavy atom. The van der Waals surface area contributed by atoms with Gasteiger partial charge in [0.05, 0.1) is 32.5 Å². The molecule has 0 saturated heterocycles. The maximum absolute atomic E-state index is 12.5. The maximum Gasteiger partial charge on any atom is 0.357 e. The first-order valence-corrected chi connectivity index (χ1v) is 9.96. The summed E-state index contributed by atoms with van der Waals surface area (Å²) in [5.74, 6) is -2.53. The van der Waals surface area contributed by atoms with E-state index in [0.717, 1.165) is 23.4 Å². The lowest BCUT2D eigenvalue weighted by Crippen LogP contribution is -2.16. The molecule has 4 rings (SSSR count). The summed E-state index contributed by atoms with van der Waals surface area (Å²) in [6.45, 7) is 0. The quantitative estimate of drug-likeness (QED) is 0.339. The molecule has 0 atom stereocenters. The van der Waals surface area contributed by atoms with Crippen molar-refractivity contribution in [3.63, 3.8) is 0 Å². The van der Waals surface area contributed by atoms with Gasteiger partial charge in [-0.25, -0.2) is 18.9 Å². The molecule has 33 heavy (non-hydrogen) atoms. The van der Waals surface area contributed by atoms with Gasteiger partial charge in [-0.3, -0.25) is 0 Å². The van der Waals surface area contributed by atoms with Crippen LogP contribution in [0, 0.1) is 0 Å². The molecule has 2 aromatic heterocycles. The minimum absolute atomic E-state index is 0.123. The lowest BCUT2D eigenvalue weighted by atomic mass is 10.1. The monoisotopic (exact) mass is 444 g/mol. The number of carbonyl (C=O) groups excluding carboxylic acids is 3. The number of esters is 3. The Labute approximate surface area is 189 Å². The van der Waals surface area contributed by atoms with Crippen molar-refractivity contribution in [3.8, 4) is 0 Å². The van der Waals surface area contributed by atoms with Crippen molar-refractivity contribution in [1.82, 2.24) is 9.61 Å². The Hall–Kier alpha value is -4.46. The molecule has 0 amide bonds. The van der Waals surface area contributed by atoms with E-state index < -0.39 is 17.9 Å². The second-order valence-corrected chi connectivity index (χ2v) is 7.07. The third-order valence-electron chi connectivity index (χ3n) is 5.19. The molecule has 0 unspecified atom stereocenters. The fourth-order valence-corrected chi connectivity index (χ4v) is 3.63. The molecule has 0 aliphatic heterocycles. The molecule has 166 valence electrons. The number of aromatic nitrogens is 2. The highest BCUT2D eigenvalue weighted by Gasteiger charge is 2.34. The van der Waals surface area contributed by atoms with Crippen LogP contribution in [0.15, 0.2) is 54.6 Å². The van der Waals surface area contributed by atoms with Crippen molar-refractivity contribution in [1.29, 1.82) is 0 Å². The molecule has 0 spiro atoms. The van der Waals surface area contributed by atoms with Gasteiger partial charge in [-0.05, 0) is 40.6 Å². The molecule has 0 saturated carbocycles. The summed E-state index contributed by atoms with van der Waals surface area (Å²) in [4.78, 5) is 37.5. The van der Waals surface area contributed by atoms with Crippen LogP contribution in [-0.4, -0.2) is 48.9 Å². The van der Waals surface area contributed by atoms with E-state index in [1.165, 1.54) is 18.7 Å². The summed E-state index contributed by atoms with van der Waals surface area (Å²) in [7, 11) is 3.50. The van der Waals surface area contributed by atoms with Crippen LogP contribution in [0.1, 0.15) is 42.5 Å². The topological polar surface area (TPSA) is 96.2 Å². The molecule has 4 aromatic rings. The first-order chi connectivity index (χ1) is 16.0. The zero-order valence-corrected chi connectivity index (χ0v) is 18.2. The number of carbonyl (C=O) groups is 3. The standard InChI is InChI=1S/C25H20N2O6/c1-31-23(28)20-19-13-12-18(11-9-15-8-10-16-6-4-5-7-17(16)14-15)26-27(19)22(25(30)33-3)21(20)24(29)32-2/h4-14H,1-3H3/b11-9+. The Kier molecular flexibility index (Phi) is 5.91. The predicted molar refractivity (Wildman–Crippen MR) is 122 cm³/mol. The van der Waals surface area contributed by atoms with E-state index in [1.54, 1.807) is 18.2 Å². The van der Waals surface area contributed by atoms with Crippen molar-refractivity contribution in [2.24, 2.45) is 0 Å². The number of benzene rings is 2. The van der Waals surface area contributed by atoms with Crippen LogP contribution in [0.4, 0.5) is 0 Å². The van der Waals surface area contributed by atoms with Crippen molar-refractivity contribution in [2.45, 2.75) is 0 Å². The van der Waals surface area contributed by atoms with Gasteiger partial charge in [-0.15, -0.1) is 0 Å². The second kappa shape index (κ2) is 8.96. The van der Waals surface area contributed by atoms with Crippen LogP contribution in [-0.2, 0) is 14.2 Å². The minimum Gasteiger partial charge on any atom is -0.465 e. The molecule has 0 radical (unpaired) electrons. The lowest BCUT2D eigenvalue weighted by molar-refractivity contribution is 0.0536. The molecule has 2 heterocycles. The van der Waals surface area contributed by atoms with Crippen LogP contribution >= 0.6 is 0 Å². The Morgan fingerprint density at radius 3 is 2.12 bits per heavy atom. The fraction of sp³-hybridized carbons (Fsp3) is 0.120. The summed E-state index contributed by atoms with van der Waals surface area (Å²) in [5.41, 5.74) is 1.05. The molecule has 8 heteroatoms. The van der Waals surface area contributed by atoms with Gasteiger partial charge in [0.2, 0.25) is 0 Å². The Bertz CT molecular complexity index is 1430. The van der Waals surface area contributed by atoms with Gasteiger partial charge in [0.1, 0.15) is 11.1 Å². The summed E-state index contributed by atoms with van der Waals surface area (Å²) in [5, 5.41) is 6.69. The molecule has 0 N–H and O–H groups in total. The van der Waals surface area contributed by atoms with E-state index in [-0.39, 0.29) is 22.3 Å². The molecular formula is C25H20N2O6. The number of hydrogen-bond donors (Lipinski definition) is 0. The van der Waals surface area contributed by atoms with Gasteiger partial charge < -0.3 is 14.2 Å². The highest BCUT2D eigenvalue weighted by Crippen LogP contribution is 2.26. The van der Waals surface area contributed by atoms with Crippen LogP contribution in [0.5, 0.6) is 0 Å². The molecule has 0 aliphatic carbocycles. The molecule has 0 bridgehead atoms. The highest BCUT2D eigenvalue weighted by atomic mass is 16.5. The zero-order chi connectivity index (χ0) is 23.5. The van der Waals surface area contributed by atoms with Crippen LogP contribution < -0.4 is 0 Å². The maximum atomic E-state index is 12.5. The normalized spacial score (nSPS) is 11.1. The average Bonchev–Trinajstić information content (AvgIpc) is 3.20. The summed E-state index contributed by atoms with van der Waals surface area (Å²) < 4.78 is 15.7. The number of hydrogen-bond acceptors (Lipinski definition) is 7. The van der Waals surface area contributed by atoms with Crippen LogP contribution in [0.2, 0.25) is 0 Å². The van der Waals surface area contributed by atoms with Crippen molar-refractivity contribution in [2.75, 3.05) is 21.3 Å². The van der Waals surface area contributed by atoms with E-state index in [0.29, 0.717) is 5.69 Å². The molecule has 8 nitrogen and oxygen atoms in total. The van der Waals surface area contributed by atoms with Gasteiger partial charge >= 0.3 is 17.9 Å². The number of nitrogens with zero attached hydrogens (tertiary/aromatic N) is 2. The molecule has 2 aromatic carbocycles. The van der Waals surface area contributed by atoms with Crippen molar-refractivity contribution >= 4 is 46.3 Å². The molecule has 0 fully saturated rings. The summed E-state index contributed by atoms with van der Waals surface area (Å²) in [6, 6.07) is 17.3. The van der Waals surface area contributed by atoms with E-state index in [9.17, 15) is 14.4 Å². The average molecular weight is 444 g/mol. The van der Waals surface area contributed by atoms with E-state index in [4.69, 9.17) is 14.2 Å². The highest BCUT2D eigenvalue weighted by molar-refractivity contribution is 6.14. The summed E-state index contributed by atoms with van der Waals surface area (Å²) >= 11 is 0. The SMILES string of the molecule is COC(=O)c1c(C(=O)OC)c2ccc(/C=C/c3ccc4ccccc4c3)nn2c1C(=O)OC. The summed E-state index contributed by atoms with van der Waals surface area (Å²) in [6.07, 6.45) is 3.64.